The molecule has 0 N–H and O–H groups in total. The van der Waals surface area contributed by atoms with Gasteiger partial charge in [0.05, 0.1) is 16.2 Å². The van der Waals surface area contributed by atoms with Crippen molar-refractivity contribution in [3.63, 3.8) is 0 Å². The van der Waals surface area contributed by atoms with Gasteiger partial charge in [0.1, 0.15) is 16.9 Å². The lowest BCUT2D eigenvalue weighted by molar-refractivity contribution is -0.137. The smallest absolute Gasteiger partial charge is 0.310 e. The van der Waals surface area contributed by atoms with Crippen LogP contribution in [0.15, 0.2) is 53.7 Å². The van der Waals surface area contributed by atoms with E-state index in [1.807, 2.05) is 0 Å². The van der Waals surface area contributed by atoms with Gasteiger partial charge in [0, 0.05) is 25.0 Å². The van der Waals surface area contributed by atoms with Crippen LogP contribution in [-0.4, -0.2) is 33.7 Å². The summed E-state index contributed by atoms with van der Waals surface area (Å²) in [6.45, 7) is 1.49. The van der Waals surface area contributed by atoms with E-state index in [-0.39, 0.29) is 33.3 Å². The van der Waals surface area contributed by atoms with Crippen molar-refractivity contribution in [3.8, 4) is 22.6 Å². The van der Waals surface area contributed by atoms with E-state index in [4.69, 9.17) is 0 Å². The maximum Gasteiger partial charge on any atom is 0.417 e. The number of hydrogen-bond donors (Lipinski definition) is 0. The van der Waals surface area contributed by atoms with Crippen LogP contribution in [-0.2, 0) is 28.7 Å². The lowest BCUT2D eigenvalue weighted by Gasteiger charge is -2.12. The Balaban J connectivity index is 1.64. The Morgan fingerprint density at radius 3 is 2.31 bits per heavy atom. The molecule has 5 rings (SSSR count). The fourth-order valence-electron chi connectivity index (χ4n) is 3.97. The maximum absolute atomic E-state index is 14.3. The Hall–Kier alpha value is -3.34. The van der Waals surface area contributed by atoms with Crippen molar-refractivity contribution in [3.05, 3.63) is 59.9 Å². The molecule has 4 aromatic rings. The van der Waals surface area contributed by atoms with Crippen molar-refractivity contribution in [1.29, 1.82) is 0 Å². The molecule has 3 aromatic heterocycles. The minimum atomic E-state index is -4.59. The number of halogens is 4. The average Bonchev–Trinajstić information content (AvgIpc) is 3.51. The van der Waals surface area contributed by atoms with Crippen molar-refractivity contribution >= 4 is 21.0 Å². The van der Waals surface area contributed by atoms with Gasteiger partial charge in [-0.2, -0.15) is 13.2 Å². The predicted octanol–water partition coefficient (Wildman–Crippen LogP) is 5.47. The Morgan fingerprint density at radius 2 is 1.71 bits per heavy atom. The zero-order valence-electron chi connectivity index (χ0n) is 18.8. The van der Waals surface area contributed by atoms with E-state index >= 15 is 0 Å². The summed E-state index contributed by atoms with van der Waals surface area (Å²) in [6.07, 6.45) is -1.44. The van der Waals surface area contributed by atoms with E-state index in [1.165, 1.54) is 30.8 Å². The van der Waals surface area contributed by atoms with Gasteiger partial charge in [0.25, 0.3) is 0 Å². The molecule has 1 saturated carbocycles. The monoisotopic (exact) mass is 504 g/mol. The van der Waals surface area contributed by atoms with E-state index in [2.05, 4.69) is 15.0 Å². The largest absolute Gasteiger partial charge is 0.417 e. The molecule has 3 heterocycles. The molecule has 0 bridgehead atoms. The maximum atomic E-state index is 14.3. The van der Waals surface area contributed by atoms with E-state index in [0.29, 0.717) is 35.7 Å². The molecule has 11 heteroatoms. The van der Waals surface area contributed by atoms with Crippen LogP contribution in [0.3, 0.4) is 0 Å². The van der Waals surface area contributed by atoms with E-state index in [0.717, 1.165) is 6.07 Å². The van der Waals surface area contributed by atoms with Gasteiger partial charge in [-0.3, -0.25) is 4.98 Å². The first kappa shape index (κ1) is 23.4. The highest BCUT2D eigenvalue weighted by Gasteiger charge is 2.44. The molecule has 0 amide bonds. The number of aryl methyl sites for hydroxylation is 1. The molecular weight excluding hydrogens is 484 g/mol. The summed E-state index contributed by atoms with van der Waals surface area (Å²) in [5, 5.41) is 0. The highest BCUT2D eigenvalue weighted by atomic mass is 32.2. The minimum Gasteiger partial charge on any atom is -0.310 e. The lowest BCUT2D eigenvalue weighted by Crippen LogP contribution is -2.09. The number of sulfone groups is 1. The number of benzene rings is 1. The summed E-state index contributed by atoms with van der Waals surface area (Å²) in [5.41, 5.74) is -0.340. The Morgan fingerprint density at radius 1 is 1.03 bits per heavy atom. The van der Waals surface area contributed by atoms with E-state index in [9.17, 15) is 26.0 Å². The summed E-state index contributed by atoms with van der Waals surface area (Å²) < 4.78 is 81.1. The topological polar surface area (TPSA) is 77.7 Å². The van der Waals surface area contributed by atoms with E-state index < -0.39 is 27.2 Å². The number of aromatic nitrogens is 4. The van der Waals surface area contributed by atoms with Gasteiger partial charge in [0.2, 0.25) is 0 Å². The molecule has 1 fully saturated rings. The zero-order chi connectivity index (χ0) is 25.2. The van der Waals surface area contributed by atoms with Crippen molar-refractivity contribution in [1.82, 2.24) is 19.5 Å². The number of rotatable bonds is 5. The van der Waals surface area contributed by atoms with Crippen molar-refractivity contribution in [2.75, 3.05) is 5.75 Å². The second-order valence-electron chi connectivity index (χ2n) is 8.58. The molecule has 1 aliphatic carbocycles. The van der Waals surface area contributed by atoms with Gasteiger partial charge in [-0.15, -0.1) is 0 Å². The molecule has 1 aliphatic rings. The first-order valence-corrected chi connectivity index (χ1v) is 12.5. The van der Waals surface area contributed by atoms with Gasteiger partial charge in [0.15, 0.2) is 21.3 Å². The summed E-state index contributed by atoms with van der Waals surface area (Å²) >= 11 is 0. The fourth-order valence-corrected chi connectivity index (χ4v) is 5.02. The summed E-state index contributed by atoms with van der Waals surface area (Å²) in [7, 11) is -2.26. The second-order valence-corrected chi connectivity index (χ2v) is 10.8. The van der Waals surface area contributed by atoms with Crippen LogP contribution in [0.5, 0.6) is 0 Å². The number of imidazole rings is 1. The predicted molar refractivity (Wildman–Crippen MR) is 122 cm³/mol. The average molecular weight is 505 g/mol. The van der Waals surface area contributed by atoms with Crippen LogP contribution in [0.1, 0.15) is 30.9 Å². The molecule has 0 spiro atoms. The Kier molecular flexibility index (Phi) is 5.24. The second kappa shape index (κ2) is 7.84. The molecule has 0 saturated heterocycles. The summed E-state index contributed by atoms with van der Waals surface area (Å²) in [6, 6.07) is 9.12. The highest BCUT2D eigenvalue weighted by molar-refractivity contribution is 7.91. The normalized spacial score (nSPS) is 15.5. The van der Waals surface area contributed by atoms with Gasteiger partial charge in [-0.1, -0.05) is 31.2 Å². The molecule has 0 aliphatic heterocycles. The standard InChI is InChI=1S/C24H20F4N4O2S/c1-3-35(33,34)19-10-15(14-4-6-16(7-5-14)23(25)8-9-23)12-29-20(19)22-31-18-11-17(24(26,27)28)13-30-21(18)32(22)2/h4-7,10-13H,3,8-9H2,1-2H3. The first-order chi connectivity index (χ1) is 16.4. The third kappa shape index (κ3) is 4.07. The van der Waals surface area contributed by atoms with Gasteiger partial charge in [-0.25, -0.2) is 22.8 Å². The number of pyridine rings is 2. The number of nitrogens with zero attached hydrogens (tertiary/aromatic N) is 4. The van der Waals surface area contributed by atoms with E-state index in [1.54, 1.807) is 24.3 Å². The minimum absolute atomic E-state index is 0.0157. The zero-order valence-corrected chi connectivity index (χ0v) is 19.6. The fraction of sp³-hybridized carbons (Fsp3) is 0.292. The van der Waals surface area contributed by atoms with Gasteiger partial charge >= 0.3 is 6.18 Å². The molecule has 182 valence electrons. The number of alkyl halides is 4. The molecule has 1 aromatic carbocycles. The van der Waals surface area contributed by atoms with Crippen LogP contribution in [0.25, 0.3) is 33.8 Å². The summed E-state index contributed by atoms with van der Waals surface area (Å²) in [4.78, 5) is 12.4. The van der Waals surface area contributed by atoms with Crippen LogP contribution < -0.4 is 0 Å². The summed E-state index contributed by atoms with van der Waals surface area (Å²) in [5.74, 6) is -0.136. The SMILES string of the molecule is CCS(=O)(=O)c1cc(-c2ccc(C3(F)CC3)cc2)cnc1-c1nc2cc(C(F)(F)F)cnc2n1C. The van der Waals surface area contributed by atoms with Crippen LogP contribution in [0.2, 0.25) is 0 Å². The van der Waals surface area contributed by atoms with Crippen molar-refractivity contribution < 1.29 is 26.0 Å². The molecule has 0 atom stereocenters. The molecule has 35 heavy (non-hydrogen) atoms. The lowest BCUT2D eigenvalue weighted by atomic mass is 10.0. The van der Waals surface area contributed by atoms with Crippen molar-refractivity contribution in [2.24, 2.45) is 7.05 Å². The van der Waals surface area contributed by atoms with Crippen LogP contribution in [0, 0.1) is 0 Å². The number of fused-ring (bicyclic) bond motifs is 1. The molecule has 0 radical (unpaired) electrons. The van der Waals surface area contributed by atoms with Crippen molar-refractivity contribution in [2.45, 2.75) is 36.5 Å². The first-order valence-electron chi connectivity index (χ1n) is 10.9. The molecule has 6 nitrogen and oxygen atoms in total. The highest BCUT2D eigenvalue weighted by Crippen LogP contribution is 2.49. The van der Waals surface area contributed by atoms with Crippen LogP contribution >= 0.6 is 0 Å². The third-order valence-electron chi connectivity index (χ3n) is 6.24. The number of hydrogen-bond acceptors (Lipinski definition) is 5. The Labute approximate surface area is 198 Å². The molecule has 0 unspecified atom stereocenters. The molecular formula is C24H20F4N4O2S. The van der Waals surface area contributed by atoms with Gasteiger partial charge in [-0.05, 0) is 36.1 Å². The third-order valence-corrected chi connectivity index (χ3v) is 7.98. The Bertz CT molecular complexity index is 1560. The van der Waals surface area contributed by atoms with Crippen LogP contribution in [0.4, 0.5) is 17.6 Å². The van der Waals surface area contributed by atoms with Gasteiger partial charge < -0.3 is 4.57 Å². The quantitative estimate of drug-likeness (QED) is 0.337.